The van der Waals surface area contributed by atoms with Crippen molar-refractivity contribution in [2.45, 2.75) is 46.7 Å². The van der Waals surface area contributed by atoms with Crippen molar-refractivity contribution in [1.29, 1.82) is 0 Å². The van der Waals surface area contributed by atoms with Crippen LogP contribution in [0.25, 0.3) is 0 Å². The summed E-state index contributed by atoms with van der Waals surface area (Å²) in [5, 5.41) is 4.25. The molecule has 2 aromatic rings. The summed E-state index contributed by atoms with van der Waals surface area (Å²) in [4.78, 5) is 4.34. The van der Waals surface area contributed by atoms with Crippen LogP contribution in [-0.4, -0.2) is 14.8 Å². The summed E-state index contributed by atoms with van der Waals surface area (Å²) in [6.45, 7) is 8.86. The highest BCUT2D eigenvalue weighted by Gasteiger charge is 2.25. The van der Waals surface area contributed by atoms with E-state index in [2.05, 4.69) is 22.4 Å². The zero-order valence-electron chi connectivity index (χ0n) is 11.9. The van der Waals surface area contributed by atoms with Gasteiger partial charge in [0.15, 0.2) is 0 Å². The first kappa shape index (κ1) is 13.8. The summed E-state index contributed by atoms with van der Waals surface area (Å²) < 4.78 is 7.55. The Morgan fingerprint density at radius 2 is 2.11 bits per heavy atom. The summed E-state index contributed by atoms with van der Waals surface area (Å²) in [6.07, 6.45) is 2.56. The first-order valence-electron chi connectivity index (χ1n) is 6.50. The number of nitrogens with two attached hydrogens (primary N) is 1. The summed E-state index contributed by atoms with van der Waals surface area (Å²) in [7, 11) is 0. The Kier molecular flexibility index (Phi) is 4.01. The van der Waals surface area contributed by atoms with Gasteiger partial charge in [-0.25, -0.2) is 15.1 Å². The number of hydrogen-bond donors (Lipinski definition) is 2. The minimum absolute atomic E-state index is 0.202. The molecule has 2 rings (SSSR count). The van der Waals surface area contributed by atoms with Gasteiger partial charge in [-0.05, 0) is 32.8 Å². The molecule has 6 heteroatoms. The summed E-state index contributed by atoms with van der Waals surface area (Å²) in [5.74, 6) is 8.33. The van der Waals surface area contributed by atoms with E-state index < -0.39 is 0 Å². The van der Waals surface area contributed by atoms with E-state index in [1.165, 1.54) is 0 Å². The molecule has 0 amide bonds. The molecule has 2 heterocycles. The first-order chi connectivity index (χ1) is 9.10. The lowest BCUT2D eigenvalue weighted by Crippen LogP contribution is -2.32. The van der Waals surface area contributed by atoms with E-state index in [-0.39, 0.29) is 6.04 Å². The van der Waals surface area contributed by atoms with Gasteiger partial charge in [-0.1, -0.05) is 6.92 Å². The van der Waals surface area contributed by atoms with Crippen LogP contribution in [0.1, 0.15) is 47.9 Å². The Hall–Kier alpha value is -1.66. The third-order valence-corrected chi connectivity index (χ3v) is 3.41. The highest BCUT2D eigenvalue weighted by Crippen LogP contribution is 2.30. The van der Waals surface area contributed by atoms with Crippen molar-refractivity contribution in [1.82, 2.24) is 20.2 Å². The fraction of sp³-hybridized carbons (Fsp3) is 0.538. The molecule has 1 unspecified atom stereocenters. The van der Waals surface area contributed by atoms with E-state index in [0.29, 0.717) is 0 Å². The average Bonchev–Trinajstić information content (AvgIpc) is 2.91. The number of aromatic nitrogens is 3. The topological polar surface area (TPSA) is 81.9 Å². The zero-order valence-corrected chi connectivity index (χ0v) is 11.9. The minimum Gasteiger partial charge on any atom is -0.466 e. The Balaban J connectivity index is 2.47. The summed E-state index contributed by atoms with van der Waals surface area (Å²) in [5.41, 5.74) is 4.98. The molecule has 0 bridgehead atoms. The SMILES string of the molecule is CCCn1ncnc1C(NN)c1c(C)oc(C)c1C. The van der Waals surface area contributed by atoms with E-state index in [4.69, 9.17) is 10.3 Å². The largest absolute Gasteiger partial charge is 0.466 e. The van der Waals surface area contributed by atoms with Crippen molar-refractivity contribution in [3.05, 3.63) is 34.8 Å². The Bertz CT molecular complexity index is 557. The van der Waals surface area contributed by atoms with E-state index >= 15 is 0 Å². The van der Waals surface area contributed by atoms with Crippen molar-refractivity contribution < 1.29 is 4.42 Å². The maximum Gasteiger partial charge on any atom is 0.150 e. The van der Waals surface area contributed by atoms with Gasteiger partial charge in [-0.3, -0.25) is 5.84 Å². The van der Waals surface area contributed by atoms with Crippen LogP contribution in [-0.2, 0) is 6.54 Å². The van der Waals surface area contributed by atoms with Crippen molar-refractivity contribution in [2.24, 2.45) is 5.84 Å². The number of rotatable bonds is 5. The fourth-order valence-corrected chi connectivity index (χ4v) is 2.40. The lowest BCUT2D eigenvalue weighted by molar-refractivity contribution is 0.481. The van der Waals surface area contributed by atoms with E-state index in [1.807, 2.05) is 25.5 Å². The average molecular weight is 263 g/mol. The molecule has 19 heavy (non-hydrogen) atoms. The monoisotopic (exact) mass is 263 g/mol. The van der Waals surface area contributed by atoms with Crippen LogP contribution >= 0.6 is 0 Å². The predicted molar refractivity (Wildman–Crippen MR) is 72.4 cm³/mol. The molecule has 0 aromatic carbocycles. The van der Waals surface area contributed by atoms with Crippen molar-refractivity contribution in [3.8, 4) is 0 Å². The second kappa shape index (κ2) is 5.54. The second-order valence-electron chi connectivity index (χ2n) is 4.69. The number of hydrogen-bond acceptors (Lipinski definition) is 5. The molecule has 0 saturated heterocycles. The molecule has 2 aromatic heterocycles. The molecule has 104 valence electrons. The molecule has 3 N–H and O–H groups in total. The zero-order chi connectivity index (χ0) is 14.0. The summed E-state index contributed by atoms with van der Waals surface area (Å²) >= 11 is 0. The van der Waals surface area contributed by atoms with Gasteiger partial charge in [-0.15, -0.1) is 0 Å². The fourth-order valence-electron chi connectivity index (χ4n) is 2.40. The van der Waals surface area contributed by atoms with Gasteiger partial charge in [0.05, 0.1) is 0 Å². The standard InChI is InChI=1S/C13H21N5O/c1-5-6-18-13(15-7-16-18)12(17-14)11-8(2)9(3)19-10(11)4/h7,12,17H,5-6,14H2,1-4H3. The maximum atomic E-state index is 5.74. The Morgan fingerprint density at radius 1 is 1.37 bits per heavy atom. The van der Waals surface area contributed by atoms with Crippen LogP contribution in [0, 0.1) is 20.8 Å². The first-order valence-corrected chi connectivity index (χ1v) is 6.50. The van der Waals surface area contributed by atoms with Gasteiger partial charge >= 0.3 is 0 Å². The molecular formula is C13H21N5O. The van der Waals surface area contributed by atoms with Gasteiger partial charge < -0.3 is 4.42 Å². The molecule has 0 aliphatic carbocycles. The molecule has 0 radical (unpaired) electrons. The van der Waals surface area contributed by atoms with Gasteiger partial charge in [0.1, 0.15) is 29.7 Å². The van der Waals surface area contributed by atoms with Gasteiger partial charge in [0.2, 0.25) is 0 Å². The van der Waals surface area contributed by atoms with Crippen LogP contribution in [0.3, 0.4) is 0 Å². The van der Waals surface area contributed by atoms with Crippen LogP contribution in [0.5, 0.6) is 0 Å². The predicted octanol–water partition coefficient (Wildman–Crippen LogP) is 1.76. The second-order valence-corrected chi connectivity index (χ2v) is 4.69. The van der Waals surface area contributed by atoms with Crippen molar-refractivity contribution in [3.63, 3.8) is 0 Å². The number of hydrazine groups is 1. The molecular weight excluding hydrogens is 242 g/mol. The summed E-state index contributed by atoms with van der Waals surface area (Å²) in [6, 6.07) is -0.202. The molecule has 0 fully saturated rings. The number of nitrogens with zero attached hydrogens (tertiary/aromatic N) is 3. The molecule has 0 aliphatic heterocycles. The van der Waals surface area contributed by atoms with E-state index in [1.54, 1.807) is 6.33 Å². The van der Waals surface area contributed by atoms with Crippen molar-refractivity contribution in [2.75, 3.05) is 0 Å². The van der Waals surface area contributed by atoms with E-state index in [9.17, 15) is 0 Å². The van der Waals surface area contributed by atoms with Crippen LogP contribution < -0.4 is 11.3 Å². The third-order valence-electron chi connectivity index (χ3n) is 3.41. The minimum atomic E-state index is -0.202. The number of nitrogens with one attached hydrogen (secondary N) is 1. The lowest BCUT2D eigenvalue weighted by atomic mass is 10.0. The Labute approximate surface area is 113 Å². The smallest absolute Gasteiger partial charge is 0.150 e. The van der Waals surface area contributed by atoms with Gasteiger partial charge in [0, 0.05) is 12.1 Å². The highest BCUT2D eigenvalue weighted by atomic mass is 16.3. The van der Waals surface area contributed by atoms with Crippen LogP contribution in [0.2, 0.25) is 0 Å². The highest BCUT2D eigenvalue weighted by molar-refractivity contribution is 5.37. The number of aryl methyl sites for hydroxylation is 3. The van der Waals surface area contributed by atoms with E-state index in [0.717, 1.165) is 41.4 Å². The Morgan fingerprint density at radius 3 is 2.63 bits per heavy atom. The van der Waals surface area contributed by atoms with Gasteiger partial charge in [0.25, 0.3) is 0 Å². The third kappa shape index (κ3) is 2.41. The normalized spacial score (nSPS) is 12.9. The lowest BCUT2D eigenvalue weighted by Gasteiger charge is -2.16. The number of furan rings is 1. The van der Waals surface area contributed by atoms with Crippen molar-refractivity contribution >= 4 is 0 Å². The maximum absolute atomic E-state index is 5.74. The molecule has 0 spiro atoms. The quantitative estimate of drug-likeness (QED) is 0.634. The molecule has 0 saturated carbocycles. The van der Waals surface area contributed by atoms with Crippen LogP contribution in [0.4, 0.5) is 0 Å². The van der Waals surface area contributed by atoms with Crippen LogP contribution in [0.15, 0.2) is 10.7 Å². The molecule has 0 aliphatic rings. The molecule has 1 atom stereocenters. The molecule has 6 nitrogen and oxygen atoms in total. The van der Waals surface area contributed by atoms with Gasteiger partial charge in [-0.2, -0.15) is 5.10 Å².